The third-order valence-corrected chi connectivity index (χ3v) is 4.34. The molecule has 1 aromatic rings. The minimum absolute atomic E-state index is 0.00888. The lowest BCUT2D eigenvalue weighted by molar-refractivity contribution is -0.135. The molecule has 0 saturated carbocycles. The second kappa shape index (κ2) is 8.62. The third kappa shape index (κ3) is 5.32. The van der Waals surface area contributed by atoms with Gasteiger partial charge in [-0.15, -0.1) is 0 Å². The van der Waals surface area contributed by atoms with Crippen molar-refractivity contribution >= 4 is 11.8 Å². The number of carbonyl (C=O) groups excluding carboxylic acids is 2. The minimum atomic E-state index is -0.00888. The van der Waals surface area contributed by atoms with Gasteiger partial charge in [-0.1, -0.05) is 6.92 Å². The zero-order valence-electron chi connectivity index (χ0n) is 14.1. The molecule has 23 heavy (non-hydrogen) atoms. The smallest absolute Gasteiger partial charge is 0.224 e. The van der Waals surface area contributed by atoms with Crippen molar-refractivity contribution in [2.75, 3.05) is 39.3 Å². The van der Waals surface area contributed by atoms with E-state index in [0.717, 1.165) is 38.3 Å². The Kier molecular flexibility index (Phi) is 6.52. The minimum Gasteiger partial charge on any atom is -0.340 e. The summed E-state index contributed by atoms with van der Waals surface area (Å²) in [5.74, 6) is 0.132. The summed E-state index contributed by atoms with van der Waals surface area (Å²) in [6, 6.07) is 3.78. The van der Waals surface area contributed by atoms with E-state index in [1.807, 2.05) is 17.0 Å². The number of hydrogen-bond donors (Lipinski definition) is 0. The Labute approximate surface area is 138 Å². The second-order valence-corrected chi connectivity index (χ2v) is 5.86. The quantitative estimate of drug-likeness (QED) is 0.785. The van der Waals surface area contributed by atoms with Crippen LogP contribution in [-0.4, -0.2) is 70.8 Å². The molecule has 0 radical (unpaired) electrons. The van der Waals surface area contributed by atoms with Crippen molar-refractivity contribution < 1.29 is 9.59 Å². The molecule has 1 aliphatic rings. The van der Waals surface area contributed by atoms with E-state index in [4.69, 9.17) is 0 Å². The van der Waals surface area contributed by atoms with Gasteiger partial charge in [0, 0.05) is 65.0 Å². The van der Waals surface area contributed by atoms with E-state index in [0.29, 0.717) is 19.5 Å². The Morgan fingerprint density at radius 2 is 1.83 bits per heavy atom. The molecule has 0 aromatic carbocycles. The summed E-state index contributed by atoms with van der Waals surface area (Å²) >= 11 is 0. The van der Waals surface area contributed by atoms with E-state index in [2.05, 4.69) is 16.8 Å². The SMILES string of the molecule is CCN1CCN(C(=O)CCN(Cc2ccncc2)C(C)=O)CC1. The Balaban J connectivity index is 1.82. The van der Waals surface area contributed by atoms with Gasteiger partial charge in [-0.25, -0.2) is 0 Å². The van der Waals surface area contributed by atoms with Crippen molar-refractivity contribution in [2.45, 2.75) is 26.8 Å². The van der Waals surface area contributed by atoms with E-state index in [9.17, 15) is 9.59 Å². The van der Waals surface area contributed by atoms with Crippen LogP contribution in [0.25, 0.3) is 0 Å². The number of carbonyl (C=O) groups is 2. The maximum absolute atomic E-state index is 12.3. The summed E-state index contributed by atoms with van der Waals surface area (Å²) in [6.07, 6.45) is 3.81. The van der Waals surface area contributed by atoms with Gasteiger partial charge in [0.1, 0.15) is 0 Å². The molecule has 0 N–H and O–H groups in total. The van der Waals surface area contributed by atoms with Crippen molar-refractivity contribution in [1.29, 1.82) is 0 Å². The highest BCUT2D eigenvalue weighted by Gasteiger charge is 2.21. The first-order valence-electron chi connectivity index (χ1n) is 8.24. The van der Waals surface area contributed by atoms with Gasteiger partial charge in [0.15, 0.2) is 0 Å². The zero-order valence-corrected chi connectivity index (χ0v) is 14.1. The van der Waals surface area contributed by atoms with Gasteiger partial charge in [-0.3, -0.25) is 14.6 Å². The number of piperazine rings is 1. The summed E-state index contributed by atoms with van der Waals surface area (Å²) in [4.78, 5) is 34.1. The third-order valence-electron chi connectivity index (χ3n) is 4.34. The second-order valence-electron chi connectivity index (χ2n) is 5.86. The molecule has 0 spiro atoms. The van der Waals surface area contributed by atoms with Gasteiger partial charge >= 0.3 is 0 Å². The van der Waals surface area contributed by atoms with Crippen LogP contribution < -0.4 is 0 Å². The van der Waals surface area contributed by atoms with Gasteiger partial charge in [0.25, 0.3) is 0 Å². The summed E-state index contributed by atoms with van der Waals surface area (Å²) < 4.78 is 0. The highest BCUT2D eigenvalue weighted by molar-refractivity contribution is 5.78. The fourth-order valence-electron chi connectivity index (χ4n) is 2.76. The van der Waals surface area contributed by atoms with Crippen LogP contribution in [0.2, 0.25) is 0 Å². The molecule has 1 aliphatic heterocycles. The van der Waals surface area contributed by atoms with Gasteiger partial charge < -0.3 is 14.7 Å². The molecular formula is C17H26N4O2. The first kappa shape index (κ1) is 17.4. The lowest BCUT2D eigenvalue weighted by Gasteiger charge is -2.34. The lowest BCUT2D eigenvalue weighted by Crippen LogP contribution is -2.49. The summed E-state index contributed by atoms with van der Waals surface area (Å²) in [5.41, 5.74) is 1.03. The average Bonchev–Trinajstić information content (AvgIpc) is 2.59. The van der Waals surface area contributed by atoms with Crippen molar-refractivity contribution in [2.24, 2.45) is 0 Å². The number of nitrogens with zero attached hydrogens (tertiary/aromatic N) is 4. The number of rotatable bonds is 6. The van der Waals surface area contributed by atoms with Crippen LogP contribution in [0.5, 0.6) is 0 Å². The van der Waals surface area contributed by atoms with E-state index < -0.39 is 0 Å². The average molecular weight is 318 g/mol. The predicted octanol–water partition coefficient (Wildman–Crippen LogP) is 0.984. The standard InChI is InChI=1S/C17H26N4O2/c1-3-19-10-12-20(13-11-19)17(23)6-9-21(15(2)22)14-16-4-7-18-8-5-16/h4-5,7-8H,3,6,9-14H2,1-2H3. The predicted molar refractivity (Wildman–Crippen MR) is 88.6 cm³/mol. The van der Waals surface area contributed by atoms with Crippen LogP contribution in [0.1, 0.15) is 25.8 Å². The van der Waals surface area contributed by atoms with Gasteiger partial charge in [-0.05, 0) is 24.2 Å². The molecule has 0 atom stereocenters. The van der Waals surface area contributed by atoms with Crippen LogP contribution in [0.15, 0.2) is 24.5 Å². The van der Waals surface area contributed by atoms with Crippen molar-refractivity contribution in [1.82, 2.24) is 19.7 Å². The number of aromatic nitrogens is 1. The van der Waals surface area contributed by atoms with Crippen LogP contribution in [0, 0.1) is 0 Å². The van der Waals surface area contributed by atoms with Crippen molar-refractivity contribution in [3.63, 3.8) is 0 Å². The maximum atomic E-state index is 12.3. The Bertz CT molecular complexity index is 513. The van der Waals surface area contributed by atoms with Crippen molar-refractivity contribution in [3.05, 3.63) is 30.1 Å². The van der Waals surface area contributed by atoms with Crippen LogP contribution in [0.3, 0.4) is 0 Å². The Morgan fingerprint density at radius 3 is 2.39 bits per heavy atom. The Morgan fingerprint density at radius 1 is 1.17 bits per heavy atom. The topological polar surface area (TPSA) is 56.8 Å². The molecule has 1 fully saturated rings. The molecule has 2 amide bonds. The lowest BCUT2D eigenvalue weighted by atomic mass is 10.2. The van der Waals surface area contributed by atoms with Gasteiger partial charge in [0.05, 0.1) is 0 Å². The number of pyridine rings is 1. The van der Waals surface area contributed by atoms with Gasteiger partial charge in [0.2, 0.25) is 11.8 Å². The van der Waals surface area contributed by atoms with E-state index in [1.165, 1.54) is 0 Å². The number of likely N-dealkylation sites (N-methyl/N-ethyl adjacent to an activating group) is 1. The zero-order chi connectivity index (χ0) is 16.7. The molecule has 6 nitrogen and oxygen atoms in total. The molecule has 126 valence electrons. The monoisotopic (exact) mass is 318 g/mol. The Hall–Kier alpha value is -1.95. The number of amides is 2. The molecular weight excluding hydrogens is 292 g/mol. The highest BCUT2D eigenvalue weighted by atomic mass is 16.2. The largest absolute Gasteiger partial charge is 0.340 e. The summed E-state index contributed by atoms with van der Waals surface area (Å²) in [5, 5.41) is 0. The van der Waals surface area contributed by atoms with Gasteiger partial charge in [-0.2, -0.15) is 0 Å². The first-order chi connectivity index (χ1) is 11.1. The fourth-order valence-corrected chi connectivity index (χ4v) is 2.76. The maximum Gasteiger partial charge on any atom is 0.224 e. The normalized spacial score (nSPS) is 15.5. The molecule has 0 unspecified atom stereocenters. The molecule has 1 aromatic heterocycles. The van der Waals surface area contributed by atoms with Crippen LogP contribution in [0.4, 0.5) is 0 Å². The molecule has 0 bridgehead atoms. The molecule has 0 aliphatic carbocycles. The first-order valence-corrected chi connectivity index (χ1v) is 8.24. The molecule has 6 heteroatoms. The van der Waals surface area contributed by atoms with E-state index in [1.54, 1.807) is 24.2 Å². The number of hydrogen-bond acceptors (Lipinski definition) is 4. The van der Waals surface area contributed by atoms with Crippen molar-refractivity contribution in [3.8, 4) is 0 Å². The molecule has 2 rings (SSSR count). The summed E-state index contributed by atoms with van der Waals surface area (Å²) in [7, 11) is 0. The highest BCUT2D eigenvalue weighted by Crippen LogP contribution is 2.07. The van der Waals surface area contributed by atoms with Crippen LogP contribution in [-0.2, 0) is 16.1 Å². The molecule has 2 heterocycles. The van der Waals surface area contributed by atoms with E-state index >= 15 is 0 Å². The van der Waals surface area contributed by atoms with E-state index in [-0.39, 0.29) is 11.8 Å². The summed E-state index contributed by atoms with van der Waals surface area (Å²) in [6.45, 7) is 9.16. The fraction of sp³-hybridized carbons (Fsp3) is 0.588. The van der Waals surface area contributed by atoms with Crippen LogP contribution >= 0.6 is 0 Å². The molecule has 1 saturated heterocycles.